The van der Waals surface area contributed by atoms with Crippen molar-refractivity contribution in [1.29, 1.82) is 0 Å². The number of nitrogens with zero attached hydrogens (tertiary/aromatic N) is 1. The Balaban J connectivity index is 1.71. The van der Waals surface area contributed by atoms with Gasteiger partial charge in [0.1, 0.15) is 0 Å². The second kappa shape index (κ2) is 6.86. The van der Waals surface area contributed by atoms with Crippen LogP contribution >= 0.6 is 31.9 Å². The third kappa shape index (κ3) is 3.42. The highest BCUT2D eigenvalue weighted by Gasteiger charge is 2.35. The highest BCUT2D eigenvalue weighted by molar-refractivity contribution is 9.11. The molecular weight excluding hydrogens is 438 g/mol. The largest absolute Gasteiger partial charge is 0.350 e. The lowest BCUT2D eigenvalue weighted by atomic mass is 9.98. The van der Waals surface area contributed by atoms with E-state index in [4.69, 9.17) is 9.47 Å². The summed E-state index contributed by atoms with van der Waals surface area (Å²) in [6.45, 7) is 2.27. The fraction of sp³-hybridized carbons (Fsp3) is 0.571. The predicted molar refractivity (Wildman–Crippen MR) is 89.0 cm³/mol. The van der Waals surface area contributed by atoms with E-state index in [0.717, 1.165) is 17.3 Å². The maximum Gasteiger partial charge on any atom is 0.244 e. The minimum absolute atomic E-state index is 0.163. The van der Waals surface area contributed by atoms with Crippen LogP contribution in [0.3, 0.4) is 0 Å². The van der Waals surface area contributed by atoms with Crippen molar-refractivity contribution in [2.24, 2.45) is 5.92 Å². The summed E-state index contributed by atoms with van der Waals surface area (Å²) in [5.74, 6) is 0.280. The third-order valence-electron chi connectivity index (χ3n) is 4.04. The lowest BCUT2D eigenvalue weighted by molar-refractivity contribution is -0.0938. The fourth-order valence-electron chi connectivity index (χ4n) is 2.86. The molecule has 2 aliphatic rings. The van der Waals surface area contributed by atoms with Crippen LogP contribution in [0.1, 0.15) is 12.8 Å². The number of piperidine rings is 1. The van der Waals surface area contributed by atoms with Crippen LogP contribution in [0.15, 0.2) is 32.0 Å². The molecule has 0 aliphatic carbocycles. The molecule has 1 aromatic rings. The molecule has 0 N–H and O–H groups in total. The maximum atomic E-state index is 12.8. The smallest absolute Gasteiger partial charge is 0.244 e. The Kier molecular flexibility index (Phi) is 5.26. The highest BCUT2D eigenvalue weighted by Crippen LogP contribution is 2.32. The molecule has 2 heterocycles. The summed E-state index contributed by atoms with van der Waals surface area (Å²) >= 11 is 6.68. The van der Waals surface area contributed by atoms with Gasteiger partial charge >= 0.3 is 0 Å². The van der Waals surface area contributed by atoms with Gasteiger partial charge in [0.2, 0.25) is 10.0 Å². The van der Waals surface area contributed by atoms with Crippen LogP contribution in [0, 0.1) is 5.92 Å². The average molecular weight is 455 g/mol. The van der Waals surface area contributed by atoms with Crippen LogP contribution in [-0.4, -0.2) is 45.3 Å². The average Bonchev–Trinajstić information content (AvgIpc) is 3.01. The minimum Gasteiger partial charge on any atom is -0.350 e. The van der Waals surface area contributed by atoms with Gasteiger partial charge in [0, 0.05) is 28.0 Å². The Morgan fingerprint density at radius 3 is 2.32 bits per heavy atom. The summed E-state index contributed by atoms with van der Waals surface area (Å²) in [6, 6.07) is 5.11. The number of rotatable bonds is 3. The van der Waals surface area contributed by atoms with E-state index in [2.05, 4.69) is 31.9 Å². The van der Waals surface area contributed by atoms with Crippen molar-refractivity contribution in [3.63, 3.8) is 0 Å². The highest BCUT2D eigenvalue weighted by atomic mass is 79.9. The molecule has 0 saturated carbocycles. The van der Waals surface area contributed by atoms with Gasteiger partial charge in [-0.2, -0.15) is 4.31 Å². The van der Waals surface area contributed by atoms with Crippen molar-refractivity contribution in [1.82, 2.24) is 4.31 Å². The zero-order valence-electron chi connectivity index (χ0n) is 11.9. The molecule has 0 spiro atoms. The molecule has 0 atom stereocenters. The number of benzene rings is 1. The van der Waals surface area contributed by atoms with E-state index in [1.54, 1.807) is 22.5 Å². The topological polar surface area (TPSA) is 55.8 Å². The Morgan fingerprint density at radius 1 is 1.09 bits per heavy atom. The van der Waals surface area contributed by atoms with Gasteiger partial charge in [0.15, 0.2) is 6.29 Å². The zero-order valence-corrected chi connectivity index (χ0v) is 15.9. The van der Waals surface area contributed by atoms with Crippen molar-refractivity contribution in [3.8, 4) is 0 Å². The monoisotopic (exact) mass is 453 g/mol. The van der Waals surface area contributed by atoms with Crippen LogP contribution < -0.4 is 0 Å². The standard InChI is InChI=1S/C14H17Br2NO4S/c15-11-1-2-13(12(16)9-11)22(18,19)17-5-3-10(4-6-17)14-20-7-8-21-14/h1-2,9-10,14H,3-8H2. The van der Waals surface area contributed by atoms with E-state index in [1.165, 1.54) is 0 Å². The lowest BCUT2D eigenvalue weighted by Crippen LogP contribution is -2.41. The van der Waals surface area contributed by atoms with E-state index in [1.807, 2.05) is 0 Å². The molecule has 0 radical (unpaired) electrons. The molecule has 5 nitrogen and oxygen atoms in total. The number of halogens is 2. The Morgan fingerprint density at radius 2 is 1.73 bits per heavy atom. The van der Waals surface area contributed by atoms with Crippen LogP contribution in [0.4, 0.5) is 0 Å². The molecule has 122 valence electrons. The summed E-state index contributed by atoms with van der Waals surface area (Å²) in [5, 5.41) is 0. The molecular formula is C14H17Br2NO4S. The zero-order chi connectivity index (χ0) is 15.7. The van der Waals surface area contributed by atoms with Crippen LogP contribution in [0.2, 0.25) is 0 Å². The molecule has 2 saturated heterocycles. The first-order valence-corrected chi connectivity index (χ1v) is 10.2. The Labute approximate surface area is 147 Å². The van der Waals surface area contributed by atoms with Crippen molar-refractivity contribution >= 4 is 41.9 Å². The second-order valence-corrected chi connectivity index (χ2v) is 9.10. The molecule has 0 unspecified atom stereocenters. The van der Waals surface area contributed by atoms with Crippen molar-refractivity contribution in [2.75, 3.05) is 26.3 Å². The molecule has 0 amide bonds. The molecule has 0 bridgehead atoms. The van der Waals surface area contributed by atoms with E-state index < -0.39 is 10.0 Å². The predicted octanol–water partition coefficient (Wildman–Crippen LogP) is 2.99. The van der Waals surface area contributed by atoms with Gasteiger partial charge in [-0.15, -0.1) is 0 Å². The van der Waals surface area contributed by atoms with Gasteiger partial charge in [-0.1, -0.05) is 15.9 Å². The minimum atomic E-state index is -3.47. The number of hydrogen-bond acceptors (Lipinski definition) is 4. The van der Waals surface area contributed by atoms with Crippen LogP contribution in [-0.2, 0) is 19.5 Å². The summed E-state index contributed by atoms with van der Waals surface area (Å²) < 4.78 is 39.5. The SMILES string of the molecule is O=S(=O)(c1ccc(Br)cc1Br)N1CCC(C2OCCO2)CC1. The molecule has 2 aliphatic heterocycles. The number of hydrogen-bond donors (Lipinski definition) is 0. The fourth-order valence-corrected chi connectivity index (χ4v) is 6.04. The summed E-state index contributed by atoms with van der Waals surface area (Å²) in [6.07, 6.45) is 1.36. The first-order chi connectivity index (χ1) is 10.5. The van der Waals surface area contributed by atoms with Crippen LogP contribution in [0.5, 0.6) is 0 Å². The van der Waals surface area contributed by atoms with Gasteiger partial charge in [-0.05, 0) is 47.0 Å². The molecule has 1 aromatic carbocycles. The van der Waals surface area contributed by atoms with E-state index in [-0.39, 0.29) is 12.2 Å². The first-order valence-electron chi connectivity index (χ1n) is 7.17. The second-order valence-electron chi connectivity index (χ2n) is 5.43. The van der Waals surface area contributed by atoms with Crippen LogP contribution in [0.25, 0.3) is 0 Å². The van der Waals surface area contributed by atoms with Crippen molar-refractivity contribution in [2.45, 2.75) is 24.0 Å². The quantitative estimate of drug-likeness (QED) is 0.704. The van der Waals surface area contributed by atoms with Gasteiger partial charge in [-0.3, -0.25) is 0 Å². The molecule has 2 fully saturated rings. The van der Waals surface area contributed by atoms with E-state index in [9.17, 15) is 8.42 Å². The van der Waals surface area contributed by atoms with E-state index in [0.29, 0.717) is 35.7 Å². The van der Waals surface area contributed by atoms with Gasteiger partial charge in [0.05, 0.1) is 18.1 Å². The van der Waals surface area contributed by atoms with Gasteiger partial charge < -0.3 is 9.47 Å². The Hall–Kier alpha value is 0.01000. The molecule has 3 rings (SSSR count). The Bertz CT molecular complexity index is 638. The van der Waals surface area contributed by atoms with Gasteiger partial charge in [-0.25, -0.2) is 8.42 Å². The van der Waals surface area contributed by atoms with Gasteiger partial charge in [0.25, 0.3) is 0 Å². The summed E-state index contributed by atoms with van der Waals surface area (Å²) in [4.78, 5) is 0.308. The number of sulfonamides is 1. The first kappa shape index (κ1) is 16.9. The van der Waals surface area contributed by atoms with E-state index >= 15 is 0 Å². The maximum absolute atomic E-state index is 12.8. The molecule has 8 heteroatoms. The molecule has 0 aromatic heterocycles. The summed E-state index contributed by atoms with van der Waals surface area (Å²) in [7, 11) is -3.47. The molecule has 22 heavy (non-hydrogen) atoms. The van der Waals surface area contributed by atoms with Crippen molar-refractivity contribution < 1.29 is 17.9 Å². The lowest BCUT2D eigenvalue weighted by Gasteiger charge is -2.33. The normalized spacial score (nSPS) is 22.3. The summed E-state index contributed by atoms with van der Waals surface area (Å²) in [5.41, 5.74) is 0. The third-order valence-corrected chi connectivity index (χ3v) is 7.41. The number of ether oxygens (including phenoxy) is 2. The van der Waals surface area contributed by atoms with Crippen molar-refractivity contribution in [3.05, 3.63) is 27.1 Å².